The van der Waals surface area contributed by atoms with Crippen LogP contribution in [0.15, 0.2) is 22.9 Å². The van der Waals surface area contributed by atoms with E-state index in [0.717, 1.165) is 0 Å². The summed E-state index contributed by atoms with van der Waals surface area (Å²) in [6.45, 7) is 7.30. The van der Waals surface area contributed by atoms with Crippen LogP contribution in [0.4, 0.5) is 4.79 Å². The van der Waals surface area contributed by atoms with E-state index in [4.69, 9.17) is 15.7 Å². The predicted molar refractivity (Wildman–Crippen MR) is 77.7 cm³/mol. The van der Waals surface area contributed by atoms with E-state index in [9.17, 15) is 9.59 Å². The molecule has 0 aromatic heterocycles. The highest BCUT2D eigenvalue weighted by atomic mass is 16.6. The summed E-state index contributed by atoms with van der Waals surface area (Å²) in [6, 6.07) is 1.82. The molecule has 0 radical (unpaired) electrons. The molecule has 0 heterocycles. The van der Waals surface area contributed by atoms with Crippen LogP contribution in [0, 0.1) is 17.2 Å². The first-order valence-electron chi connectivity index (χ1n) is 6.76. The quantitative estimate of drug-likeness (QED) is 0.600. The summed E-state index contributed by atoms with van der Waals surface area (Å²) in [7, 11) is 0. The van der Waals surface area contributed by atoms with Crippen molar-refractivity contribution in [1.29, 1.82) is 5.26 Å². The molecule has 0 fully saturated rings. The molecule has 0 saturated carbocycles. The van der Waals surface area contributed by atoms with Crippen LogP contribution in [-0.4, -0.2) is 17.6 Å². The fourth-order valence-electron chi connectivity index (χ4n) is 2.13. The van der Waals surface area contributed by atoms with Gasteiger partial charge in [-0.1, -0.05) is 6.92 Å². The van der Waals surface area contributed by atoms with E-state index in [2.05, 4.69) is 5.32 Å². The summed E-state index contributed by atoms with van der Waals surface area (Å²) in [5, 5.41) is 11.7. The van der Waals surface area contributed by atoms with Gasteiger partial charge in [-0.3, -0.25) is 10.1 Å². The van der Waals surface area contributed by atoms with Gasteiger partial charge in [0.2, 0.25) is 0 Å². The summed E-state index contributed by atoms with van der Waals surface area (Å²) < 4.78 is 5.18. The predicted octanol–water partition coefficient (Wildman–Crippen LogP) is 2.13. The number of primary amides is 1. The lowest BCUT2D eigenvalue weighted by Gasteiger charge is -2.24. The van der Waals surface area contributed by atoms with Crippen LogP contribution >= 0.6 is 0 Å². The second-order valence-electron chi connectivity index (χ2n) is 6.19. The number of allylic oxidation sites excluding steroid dienone is 3. The number of hydrogen-bond acceptors (Lipinski definition) is 4. The van der Waals surface area contributed by atoms with Crippen molar-refractivity contribution in [2.45, 2.75) is 46.1 Å². The molecule has 114 valence electrons. The minimum atomic E-state index is -0.755. The molecule has 0 aliphatic heterocycles. The third-order valence-electron chi connectivity index (χ3n) is 2.83. The Kier molecular flexibility index (Phi) is 5.14. The maximum atomic E-state index is 11.8. The van der Waals surface area contributed by atoms with E-state index >= 15 is 0 Å². The maximum absolute atomic E-state index is 11.8. The van der Waals surface area contributed by atoms with Crippen LogP contribution in [0.1, 0.15) is 40.5 Å². The van der Waals surface area contributed by atoms with Crippen molar-refractivity contribution in [2.75, 3.05) is 0 Å². The third kappa shape index (κ3) is 5.30. The Bertz CT molecular complexity index is 547. The van der Waals surface area contributed by atoms with Crippen molar-refractivity contribution < 1.29 is 14.3 Å². The first-order valence-corrected chi connectivity index (χ1v) is 6.76. The molecular formula is C15H21N3O3. The van der Waals surface area contributed by atoms with E-state index in [1.165, 1.54) is 0 Å². The largest absolute Gasteiger partial charge is 0.444 e. The lowest BCUT2D eigenvalue weighted by atomic mass is 9.87. The average molecular weight is 291 g/mol. The van der Waals surface area contributed by atoms with Crippen molar-refractivity contribution in [3.05, 3.63) is 22.9 Å². The molecule has 3 N–H and O–H groups in total. The van der Waals surface area contributed by atoms with E-state index in [1.54, 1.807) is 26.8 Å². The molecule has 0 spiro atoms. The molecule has 0 aromatic rings. The van der Waals surface area contributed by atoms with E-state index in [1.807, 2.05) is 13.0 Å². The zero-order chi connectivity index (χ0) is 16.2. The number of amides is 2. The molecule has 0 bridgehead atoms. The zero-order valence-electron chi connectivity index (χ0n) is 12.8. The molecular weight excluding hydrogens is 270 g/mol. The number of ether oxygens (including phenoxy) is 1. The number of alkyl carbamates (subject to hydrolysis) is 1. The van der Waals surface area contributed by atoms with Crippen LogP contribution in [0.3, 0.4) is 0 Å². The van der Waals surface area contributed by atoms with Gasteiger partial charge < -0.3 is 10.5 Å². The van der Waals surface area contributed by atoms with Gasteiger partial charge in [0, 0.05) is 5.70 Å². The normalized spacial score (nSPS) is 20.9. The molecule has 21 heavy (non-hydrogen) atoms. The van der Waals surface area contributed by atoms with Gasteiger partial charge in [-0.25, -0.2) is 4.79 Å². The van der Waals surface area contributed by atoms with E-state index < -0.39 is 17.6 Å². The standard InChI is InChI=1S/C15H21N3O3/c1-9-5-10(12(8-16)13(17)19)7-11(6-9)18-14(20)21-15(2,3)4/h7,9H,5-6H2,1-4H3,(H2,17,19)(H,18,20). The fraction of sp³-hybridized carbons (Fsp3) is 0.533. The minimum absolute atomic E-state index is 0.0648. The SMILES string of the molecule is CC1CC(NC(=O)OC(C)(C)C)=CC(=C(C#N)C(N)=O)C1. The average Bonchev–Trinajstić information content (AvgIpc) is 2.25. The maximum Gasteiger partial charge on any atom is 0.411 e. The molecule has 6 nitrogen and oxygen atoms in total. The van der Waals surface area contributed by atoms with Crippen molar-refractivity contribution in [3.8, 4) is 6.07 Å². The lowest BCUT2D eigenvalue weighted by Crippen LogP contribution is -2.33. The third-order valence-corrected chi connectivity index (χ3v) is 2.83. The Morgan fingerprint density at radius 2 is 2.05 bits per heavy atom. The van der Waals surface area contributed by atoms with Crippen molar-refractivity contribution in [3.63, 3.8) is 0 Å². The molecule has 1 atom stereocenters. The summed E-state index contributed by atoms with van der Waals surface area (Å²) in [6.07, 6.45) is 2.29. The Hall–Kier alpha value is -2.29. The Balaban J connectivity index is 2.97. The number of nitrogens with one attached hydrogen (secondary N) is 1. The van der Waals surface area contributed by atoms with Crippen LogP contribution in [-0.2, 0) is 9.53 Å². The van der Waals surface area contributed by atoms with Crippen LogP contribution in [0.2, 0.25) is 0 Å². The van der Waals surface area contributed by atoms with Gasteiger partial charge in [0.05, 0.1) is 0 Å². The summed E-state index contributed by atoms with van der Waals surface area (Å²) in [5.74, 6) is -0.563. The summed E-state index contributed by atoms with van der Waals surface area (Å²) in [4.78, 5) is 23.0. The van der Waals surface area contributed by atoms with Gasteiger partial charge in [-0.15, -0.1) is 0 Å². The minimum Gasteiger partial charge on any atom is -0.444 e. The van der Waals surface area contributed by atoms with Crippen LogP contribution in [0.25, 0.3) is 0 Å². The first kappa shape index (κ1) is 16.8. The zero-order valence-corrected chi connectivity index (χ0v) is 12.8. The molecule has 0 aromatic carbocycles. The number of nitrogens with two attached hydrogens (primary N) is 1. The van der Waals surface area contributed by atoms with Crippen LogP contribution in [0.5, 0.6) is 0 Å². The molecule has 1 aliphatic carbocycles. The number of nitrogens with zero attached hydrogens (tertiary/aromatic N) is 1. The number of carbonyl (C=O) groups is 2. The van der Waals surface area contributed by atoms with Gasteiger partial charge in [0.25, 0.3) is 5.91 Å². The molecule has 0 saturated heterocycles. The van der Waals surface area contributed by atoms with Gasteiger partial charge in [-0.2, -0.15) is 5.26 Å². The van der Waals surface area contributed by atoms with Crippen molar-refractivity contribution in [1.82, 2.24) is 5.32 Å². The highest BCUT2D eigenvalue weighted by Gasteiger charge is 2.22. The van der Waals surface area contributed by atoms with Gasteiger partial charge in [-0.05, 0) is 51.2 Å². The molecule has 1 unspecified atom stereocenters. The molecule has 1 rings (SSSR count). The molecule has 2 amide bonds. The summed E-state index contributed by atoms with van der Waals surface area (Å²) in [5.41, 5.74) is 5.71. The lowest BCUT2D eigenvalue weighted by molar-refractivity contribution is -0.114. The monoisotopic (exact) mass is 291 g/mol. The van der Waals surface area contributed by atoms with Gasteiger partial charge in [0.15, 0.2) is 0 Å². The van der Waals surface area contributed by atoms with Crippen molar-refractivity contribution in [2.24, 2.45) is 11.7 Å². The van der Waals surface area contributed by atoms with E-state index in [-0.39, 0.29) is 11.5 Å². The number of rotatable bonds is 2. The second kappa shape index (κ2) is 6.44. The highest BCUT2D eigenvalue weighted by molar-refractivity contribution is 5.97. The number of nitriles is 1. The van der Waals surface area contributed by atoms with Crippen molar-refractivity contribution >= 4 is 12.0 Å². The van der Waals surface area contributed by atoms with Gasteiger partial charge >= 0.3 is 6.09 Å². The second-order valence-corrected chi connectivity index (χ2v) is 6.19. The topological polar surface area (TPSA) is 105 Å². The molecule has 6 heteroatoms. The van der Waals surface area contributed by atoms with E-state index in [0.29, 0.717) is 24.1 Å². The molecule has 1 aliphatic rings. The Morgan fingerprint density at radius 1 is 1.43 bits per heavy atom. The van der Waals surface area contributed by atoms with Gasteiger partial charge in [0.1, 0.15) is 17.2 Å². The first-order chi connectivity index (χ1) is 9.62. The number of hydrogen-bond donors (Lipinski definition) is 2. The smallest absolute Gasteiger partial charge is 0.411 e. The van der Waals surface area contributed by atoms with Crippen LogP contribution < -0.4 is 11.1 Å². The highest BCUT2D eigenvalue weighted by Crippen LogP contribution is 2.28. The number of carbonyl (C=O) groups excluding carboxylic acids is 2. The summed E-state index contributed by atoms with van der Waals surface area (Å²) >= 11 is 0. The Morgan fingerprint density at radius 3 is 2.52 bits per heavy atom. The Labute approximate surface area is 124 Å². The fourth-order valence-corrected chi connectivity index (χ4v) is 2.13.